The van der Waals surface area contributed by atoms with Crippen LogP contribution in [0.2, 0.25) is 0 Å². The summed E-state index contributed by atoms with van der Waals surface area (Å²) in [6.07, 6.45) is 8.42. The van der Waals surface area contributed by atoms with Gasteiger partial charge in [0.15, 0.2) is 5.78 Å². The van der Waals surface area contributed by atoms with Gasteiger partial charge in [0.05, 0.1) is 6.54 Å². The van der Waals surface area contributed by atoms with Gasteiger partial charge in [0.25, 0.3) is 0 Å². The van der Waals surface area contributed by atoms with Crippen LogP contribution < -0.4 is 5.32 Å². The molecule has 0 radical (unpaired) electrons. The van der Waals surface area contributed by atoms with Crippen molar-refractivity contribution in [2.45, 2.75) is 20.4 Å². The van der Waals surface area contributed by atoms with E-state index in [-0.39, 0.29) is 30.7 Å². The first-order valence-corrected chi connectivity index (χ1v) is 5.44. The standard InChI is InChI=1S/C13H16N2O2/c1-4-6-14-12(16)9-15-7-5-11(8-15)13(17)10(2)3/h1,5,7-8,10H,6,9H2,2-3H3,(H,14,16). The predicted octanol–water partition coefficient (Wildman–Crippen LogP) is 1.08. The van der Waals surface area contributed by atoms with E-state index in [1.54, 1.807) is 23.0 Å². The molecule has 0 saturated carbocycles. The van der Waals surface area contributed by atoms with Gasteiger partial charge in [-0.25, -0.2) is 0 Å². The minimum Gasteiger partial charge on any atom is -0.344 e. The maximum absolute atomic E-state index is 11.7. The van der Waals surface area contributed by atoms with Gasteiger partial charge in [0, 0.05) is 23.9 Å². The number of hydrogen-bond acceptors (Lipinski definition) is 2. The third kappa shape index (κ3) is 3.80. The fraction of sp³-hybridized carbons (Fsp3) is 0.385. The molecule has 1 aromatic heterocycles. The molecule has 0 saturated heterocycles. The zero-order valence-corrected chi connectivity index (χ0v) is 10.1. The summed E-state index contributed by atoms with van der Waals surface area (Å²) < 4.78 is 1.67. The molecule has 0 atom stereocenters. The second-order valence-corrected chi connectivity index (χ2v) is 4.07. The van der Waals surface area contributed by atoms with E-state index in [0.29, 0.717) is 5.56 Å². The summed E-state index contributed by atoms with van der Waals surface area (Å²) in [4.78, 5) is 23.0. The number of carbonyl (C=O) groups is 2. The number of amides is 1. The molecule has 90 valence electrons. The van der Waals surface area contributed by atoms with Crippen molar-refractivity contribution in [3.63, 3.8) is 0 Å². The molecule has 1 N–H and O–H groups in total. The molecular formula is C13H16N2O2. The first-order chi connectivity index (χ1) is 8.04. The van der Waals surface area contributed by atoms with E-state index in [2.05, 4.69) is 11.2 Å². The predicted molar refractivity (Wildman–Crippen MR) is 65.4 cm³/mol. The first kappa shape index (κ1) is 13.0. The maximum Gasteiger partial charge on any atom is 0.240 e. The van der Waals surface area contributed by atoms with Gasteiger partial charge in [-0.2, -0.15) is 0 Å². The molecule has 4 heteroatoms. The highest BCUT2D eigenvalue weighted by Crippen LogP contribution is 2.08. The monoisotopic (exact) mass is 232 g/mol. The second-order valence-electron chi connectivity index (χ2n) is 4.07. The Kier molecular flexibility index (Phi) is 4.53. The number of aromatic nitrogens is 1. The normalized spacial score (nSPS) is 10.0. The smallest absolute Gasteiger partial charge is 0.240 e. The van der Waals surface area contributed by atoms with Crippen LogP contribution in [0.3, 0.4) is 0 Å². The van der Waals surface area contributed by atoms with Crippen LogP contribution in [0.15, 0.2) is 18.5 Å². The number of carbonyl (C=O) groups excluding carboxylic acids is 2. The highest BCUT2D eigenvalue weighted by Gasteiger charge is 2.12. The Morgan fingerprint density at radius 1 is 1.53 bits per heavy atom. The average Bonchev–Trinajstić information content (AvgIpc) is 2.73. The molecule has 1 heterocycles. The van der Waals surface area contributed by atoms with E-state index < -0.39 is 0 Å². The van der Waals surface area contributed by atoms with Crippen LogP contribution in [0.25, 0.3) is 0 Å². The van der Waals surface area contributed by atoms with Gasteiger partial charge >= 0.3 is 0 Å². The second kappa shape index (κ2) is 5.90. The van der Waals surface area contributed by atoms with Crippen molar-refractivity contribution in [3.8, 4) is 12.3 Å². The number of terminal acetylenes is 1. The quantitative estimate of drug-likeness (QED) is 0.610. The Hall–Kier alpha value is -2.02. The number of rotatable bonds is 5. The molecule has 1 rings (SSSR count). The molecule has 0 fully saturated rings. The van der Waals surface area contributed by atoms with Gasteiger partial charge in [-0.3, -0.25) is 9.59 Å². The van der Waals surface area contributed by atoms with E-state index >= 15 is 0 Å². The summed E-state index contributed by atoms with van der Waals surface area (Å²) in [6.45, 7) is 4.09. The lowest BCUT2D eigenvalue weighted by Gasteiger charge is -2.03. The Labute approximate surface area is 101 Å². The van der Waals surface area contributed by atoms with E-state index in [0.717, 1.165) is 0 Å². The molecule has 1 amide bonds. The van der Waals surface area contributed by atoms with E-state index in [1.807, 2.05) is 13.8 Å². The number of hydrogen-bond donors (Lipinski definition) is 1. The summed E-state index contributed by atoms with van der Waals surface area (Å²) >= 11 is 0. The van der Waals surface area contributed by atoms with E-state index in [1.165, 1.54) is 0 Å². The average molecular weight is 232 g/mol. The Morgan fingerprint density at radius 3 is 2.82 bits per heavy atom. The van der Waals surface area contributed by atoms with Crippen molar-refractivity contribution >= 4 is 11.7 Å². The van der Waals surface area contributed by atoms with Gasteiger partial charge in [0.1, 0.15) is 6.54 Å². The lowest BCUT2D eigenvalue weighted by Crippen LogP contribution is -2.27. The number of ketones is 1. The van der Waals surface area contributed by atoms with Crippen LogP contribution >= 0.6 is 0 Å². The summed E-state index contributed by atoms with van der Waals surface area (Å²) in [5.41, 5.74) is 0.629. The van der Waals surface area contributed by atoms with Crippen molar-refractivity contribution < 1.29 is 9.59 Å². The molecule has 0 aliphatic heterocycles. The molecule has 1 aromatic rings. The largest absolute Gasteiger partial charge is 0.344 e. The van der Waals surface area contributed by atoms with Gasteiger partial charge in [-0.1, -0.05) is 19.8 Å². The van der Waals surface area contributed by atoms with Crippen molar-refractivity contribution in [2.24, 2.45) is 5.92 Å². The van der Waals surface area contributed by atoms with Gasteiger partial charge in [-0.15, -0.1) is 6.42 Å². The van der Waals surface area contributed by atoms with Gasteiger partial charge in [-0.05, 0) is 6.07 Å². The molecule has 0 unspecified atom stereocenters. The maximum atomic E-state index is 11.7. The van der Waals surface area contributed by atoms with Crippen molar-refractivity contribution in [3.05, 3.63) is 24.0 Å². The molecule has 0 aromatic carbocycles. The molecule has 0 bridgehead atoms. The molecule has 0 aliphatic carbocycles. The van der Waals surface area contributed by atoms with Crippen LogP contribution in [0.5, 0.6) is 0 Å². The van der Waals surface area contributed by atoms with Crippen LogP contribution in [-0.2, 0) is 11.3 Å². The van der Waals surface area contributed by atoms with Crippen molar-refractivity contribution in [1.29, 1.82) is 0 Å². The summed E-state index contributed by atoms with van der Waals surface area (Å²) in [7, 11) is 0. The number of Topliss-reactive ketones (excluding diaryl/α,β-unsaturated/α-hetero) is 1. The third-order valence-corrected chi connectivity index (χ3v) is 2.27. The van der Waals surface area contributed by atoms with E-state index in [9.17, 15) is 9.59 Å². The lowest BCUT2D eigenvalue weighted by molar-refractivity contribution is -0.121. The third-order valence-electron chi connectivity index (χ3n) is 2.27. The molecule has 17 heavy (non-hydrogen) atoms. The Morgan fingerprint density at radius 2 is 2.24 bits per heavy atom. The van der Waals surface area contributed by atoms with Crippen LogP contribution in [0.4, 0.5) is 0 Å². The summed E-state index contributed by atoms with van der Waals surface area (Å²) in [5, 5.41) is 2.56. The SMILES string of the molecule is C#CCNC(=O)Cn1ccc(C(=O)C(C)C)c1. The Bertz CT molecular complexity index is 452. The van der Waals surface area contributed by atoms with E-state index in [4.69, 9.17) is 6.42 Å². The van der Waals surface area contributed by atoms with Crippen LogP contribution in [0.1, 0.15) is 24.2 Å². The van der Waals surface area contributed by atoms with Gasteiger partial charge < -0.3 is 9.88 Å². The Balaban J connectivity index is 2.60. The van der Waals surface area contributed by atoms with Gasteiger partial charge in [0.2, 0.25) is 5.91 Å². The topological polar surface area (TPSA) is 51.1 Å². The van der Waals surface area contributed by atoms with Crippen molar-refractivity contribution in [2.75, 3.05) is 6.54 Å². The number of nitrogens with one attached hydrogen (secondary N) is 1. The fourth-order valence-electron chi connectivity index (χ4n) is 1.39. The minimum absolute atomic E-state index is 0.0406. The zero-order chi connectivity index (χ0) is 12.8. The molecular weight excluding hydrogens is 216 g/mol. The zero-order valence-electron chi connectivity index (χ0n) is 10.1. The molecule has 4 nitrogen and oxygen atoms in total. The highest BCUT2D eigenvalue weighted by molar-refractivity contribution is 5.97. The molecule has 0 aliphatic rings. The fourth-order valence-corrected chi connectivity index (χ4v) is 1.39. The summed E-state index contributed by atoms with van der Waals surface area (Å²) in [5.74, 6) is 2.20. The number of nitrogens with zero attached hydrogens (tertiary/aromatic N) is 1. The first-order valence-electron chi connectivity index (χ1n) is 5.44. The lowest BCUT2D eigenvalue weighted by atomic mass is 10.0. The van der Waals surface area contributed by atoms with Crippen LogP contribution in [-0.4, -0.2) is 22.8 Å². The molecule has 0 spiro atoms. The minimum atomic E-state index is -0.165. The van der Waals surface area contributed by atoms with Crippen molar-refractivity contribution in [1.82, 2.24) is 9.88 Å². The highest BCUT2D eigenvalue weighted by atomic mass is 16.2. The summed E-state index contributed by atoms with van der Waals surface area (Å²) in [6, 6.07) is 1.72. The van der Waals surface area contributed by atoms with Crippen LogP contribution in [0, 0.1) is 18.3 Å².